The first-order valence-electron chi connectivity index (χ1n) is 22.1. The van der Waals surface area contributed by atoms with Gasteiger partial charge in [0.25, 0.3) is 0 Å². The van der Waals surface area contributed by atoms with Gasteiger partial charge in [-0.2, -0.15) is 0 Å². The Morgan fingerprint density at radius 2 is 0.906 bits per heavy atom. The van der Waals surface area contributed by atoms with Crippen LogP contribution >= 0.6 is 7.82 Å². The van der Waals surface area contributed by atoms with Crippen LogP contribution in [-0.4, -0.2) is 42.8 Å². The van der Waals surface area contributed by atoms with E-state index >= 15 is 0 Å². The number of hydrogen-bond acceptors (Lipinski definition) is 7. The van der Waals surface area contributed by atoms with Crippen LogP contribution < -0.4 is 0 Å². The van der Waals surface area contributed by atoms with Gasteiger partial charge in [-0.3, -0.25) is 18.6 Å². The lowest BCUT2D eigenvalue weighted by molar-refractivity contribution is -0.161. The smallest absolute Gasteiger partial charge is 0.462 e. The summed E-state index contributed by atoms with van der Waals surface area (Å²) in [6.45, 7) is 5.46. The molecular weight excluding hydrogens is 687 g/mol. The van der Waals surface area contributed by atoms with Gasteiger partial charge in [-0.1, -0.05) is 179 Å². The minimum atomic E-state index is -4.27. The minimum Gasteiger partial charge on any atom is -0.462 e. The van der Waals surface area contributed by atoms with E-state index in [1.807, 2.05) is 0 Å². The lowest BCUT2D eigenvalue weighted by atomic mass is 10.0. The fraction of sp³-hybridized carbons (Fsp3) is 0.864. The second-order valence-electron chi connectivity index (χ2n) is 14.7. The first-order chi connectivity index (χ1) is 25.8. The first-order valence-corrected chi connectivity index (χ1v) is 23.6. The molecule has 0 spiro atoms. The Bertz CT molecular complexity index is 921. The van der Waals surface area contributed by atoms with Gasteiger partial charge in [0, 0.05) is 12.8 Å². The second kappa shape index (κ2) is 40.2. The monoisotopic (exact) mass is 771 g/mol. The van der Waals surface area contributed by atoms with Crippen LogP contribution in [0.3, 0.4) is 0 Å². The molecular formula is C44H83O8P. The number of phosphoric ester groups is 1. The number of esters is 2. The molecule has 8 nitrogen and oxygen atoms in total. The van der Waals surface area contributed by atoms with Gasteiger partial charge in [0.15, 0.2) is 6.10 Å². The zero-order valence-corrected chi connectivity index (χ0v) is 35.6. The molecule has 0 aliphatic heterocycles. The summed E-state index contributed by atoms with van der Waals surface area (Å²) in [6, 6.07) is 0. The average Bonchev–Trinajstić information content (AvgIpc) is 3.13. The van der Waals surface area contributed by atoms with Gasteiger partial charge in [-0.05, 0) is 51.9 Å². The molecule has 0 radical (unpaired) electrons. The number of phosphoric acid groups is 1. The first kappa shape index (κ1) is 51.5. The van der Waals surface area contributed by atoms with E-state index in [1.165, 1.54) is 141 Å². The highest BCUT2D eigenvalue weighted by Gasteiger charge is 2.25. The normalized spacial score (nSPS) is 13.5. The van der Waals surface area contributed by atoms with Crippen molar-refractivity contribution in [3.63, 3.8) is 0 Å². The lowest BCUT2D eigenvalue weighted by Crippen LogP contribution is -2.29. The molecule has 0 fully saturated rings. The number of carbonyl (C=O) groups is 2. The van der Waals surface area contributed by atoms with Gasteiger partial charge in [0.2, 0.25) is 0 Å². The van der Waals surface area contributed by atoms with E-state index in [1.54, 1.807) is 6.92 Å². The van der Waals surface area contributed by atoms with Gasteiger partial charge in [-0.25, -0.2) is 4.57 Å². The molecule has 0 aromatic heterocycles. The van der Waals surface area contributed by atoms with E-state index in [0.717, 1.165) is 38.5 Å². The summed E-state index contributed by atoms with van der Waals surface area (Å²) in [5, 5.41) is 0. The summed E-state index contributed by atoms with van der Waals surface area (Å²) in [5.74, 6) is -0.794. The van der Waals surface area contributed by atoms with Crippen LogP contribution in [0.2, 0.25) is 0 Å². The maximum absolute atomic E-state index is 12.5. The van der Waals surface area contributed by atoms with Gasteiger partial charge < -0.3 is 14.4 Å². The third kappa shape index (κ3) is 40.0. The third-order valence-electron chi connectivity index (χ3n) is 9.51. The van der Waals surface area contributed by atoms with Crippen LogP contribution in [0.4, 0.5) is 0 Å². The summed E-state index contributed by atoms with van der Waals surface area (Å²) in [4.78, 5) is 34.7. The number of unbranched alkanes of at least 4 members (excludes halogenated alkanes) is 25. The van der Waals surface area contributed by atoms with Gasteiger partial charge in [-0.15, -0.1) is 0 Å². The maximum Gasteiger partial charge on any atom is 0.472 e. The Balaban J connectivity index is 3.97. The van der Waals surface area contributed by atoms with Gasteiger partial charge >= 0.3 is 19.8 Å². The molecule has 312 valence electrons. The molecule has 0 bridgehead atoms. The molecule has 0 saturated heterocycles. The fourth-order valence-corrected chi connectivity index (χ4v) is 7.00. The number of rotatable bonds is 41. The molecule has 2 unspecified atom stereocenters. The third-order valence-corrected chi connectivity index (χ3v) is 10.6. The van der Waals surface area contributed by atoms with Crippen molar-refractivity contribution in [1.82, 2.24) is 0 Å². The van der Waals surface area contributed by atoms with Crippen molar-refractivity contribution < 1.29 is 37.6 Å². The Morgan fingerprint density at radius 1 is 0.509 bits per heavy atom. The van der Waals surface area contributed by atoms with Crippen LogP contribution in [-0.2, 0) is 32.7 Å². The fourth-order valence-electron chi connectivity index (χ4n) is 6.25. The number of carbonyl (C=O) groups excluding carboxylic acids is 2. The summed E-state index contributed by atoms with van der Waals surface area (Å²) in [7, 11) is -4.27. The van der Waals surface area contributed by atoms with Crippen LogP contribution in [0.5, 0.6) is 0 Å². The highest BCUT2D eigenvalue weighted by molar-refractivity contribution is 7.47. The van der Waals surface area contributed by atoms with Crippen LogP contribution in [0.1, 0.15) is 220 Å². The van der Waals surface area contributed by atoms with Crippen LogP contribution in [0.15, 0.2) is 24.3 Å². The Morgan fingerprint density at radius 3 is 1.34 bits per heavy atom. The van der Waals surface area contributed by atoms with E-state index in [4.69, 9.17) is 18.5 Å². The van der Waals surface area contributed by atoms with Crippen molar-refractivity contribution in [1.29, 1.82) is 0 Å². The van der Waals surface area contributed by atoms with Crippen molar-refractivity contribution in [2.75, 3.05) is 19.8 Å². The summed E-state index contributed by atoms with van der Waals surface area (Å²) in [6.07, 6.45) is 43.8. The van der Waals surface area contributed by atoms with Crippen LogP contribution in [0.25, 0.3) is 0 Å². The summed E-state index contributed by atoms with van der Waals surface area (Å²) in [5.41, 5.74) is 0. The molecule has 53 heavy (non-hydrogen) atoms. The SMILES string of the molecule is CCCCCCC/C=C\C/C=C\CCCCCCCCCCCCCC(=O)OC(COC(=O)CCCCCCCCCCCC)COP(=O)(O)OCC. The number of allylic oxidation sites excluding steroid dienone is 4. The van der Waals surface area contributed by atoms with E-state index in [2.05, 4.69) is 38.2 Å². The Hall–Kier alpha value is -1.47. The highest BCUT2D eigenvalue weighted by atomic mass is 31.2. The topological polar surface area (TPSA) is 108 Å². The summed E-state index contributed by atoms with van der Waals surface area (Å²) < 4.78 is 32.6. The Labute approximate surface area is 326 Å². The average molecular weight is 771 g/mol. The predicted octanol–water partition coefficient (Wildman–Crippen LogP) is 13.8. The molecule has 9 heteroatoms. The zero-order valence-electron chi connectivity index (χ0n) is 34.7. The van der Waals surface area contributed by atoms with E-state index < -0.39 is 19.9 Å². The highest BCUT2D eigenvalue weighted by Crippen LogP contribution is 2.43. The lowest BCUT2D eigenvalue weighted by Gasteiger charge is -2.19. The quantitative estimate of drug-likeness (QED) is 0.0283. The molecule has 0 rings (SSSR count). The maximum atomic E-state index is 12.5. The second-order valence-corrected chi connectivity index (χ2v) is 16.2. The molecule has 0 aliphatic carbocycles. The molecule has 0 aromatic carbocycles. The van der Waals surface area contributed by atoms with E-state index in [0.29, 0.717) is 12.8 Å². The molecule has 0 saturated carbocycles. The van der Waals surface area contributed by atoms with Gasteiger partial charge in [0.05, 0.1) is 13.2 Å². The Kier molecular flexibility index (Phi) is 39.1. The van der Waals surface area contributed by atoms with Crippen molar-refractivity contribution in [2.45, 2.75) is 226 Å². The van der Waals surface area contributed by atoms with E-state index in [-0.39, 0.29) is 32.2 Å². The molecule has 0 aliphatic rings. The van der Waals surface area contributed by atoms with Crippen molar-refractivity contribution in [3.8, 4) is 0 Å². The van der Waals surface area contributed by atoms with Crippen LogP contribution in [0, 0.1) is 0 Å². The summed E-state index contributed by atoms with van der Waals surface area (Å²) >= 11 is 0. The molecule has 0 heterocycles. The van der Waals surface area contributed by atoms with E-state index in [9.17, 15) is 19.0 Å². The minimum absolute atomic E-state index is 0.00205. The molecule has 0 amide bonds. The predicted molar refractivity (Wildman–Crippen MR) is 221 cm³/mol. The van der Waals surface area contributed by atoms with Crippen molar-refractivity contribution in [3.05, 3.63) is 24.3 Å². The largest absolute Gasteiger partial charge is 0.472 e. The number of hydrogen-bond donors (Lipinski definition) is 1. The van der Waals surface area contributed by atoms with Gasteiger partial charge in [0.1, 0.15) is 6.61 Å². The van der Waals surface area contributed by atoms with Crippen molar-refractivity contribution in [2.24, 2.45) is 0 Å². The number of ether oxygens (including phenoxy) is 2. The zero-order chi connectivity index (χ0) is 38.9. The molecule has 1 N–H and O–H groups in total. The molecule has 0 aromatic rings. The van der Waals surface area contributed by atoms with Crippen molar-refractivity contribution >= 4 is 19.8 Å². The molecule has 2 atom stereocenters. The standard InChI is InChI=1S/C44H83O8P/c1-4-7-9-11-13-15-17-18-19-20-21-22-23-24-25-26-27-28-29-31-33-35-37-39-44(46)52-42(41-51-53(47,48)50-6-3)40-49-43(45)38-36-34-32-30-16-14-12-10-8-5-2/h17-18,20-21,42H,4-16,19,22-41H2,1-3H3,(H,47,48)/b18-17-,21-20-.